The van der Waals surface area contributed by atoms with E-state index in [1.54, 1.807) is 36.2 Å². The van der Waals surface area contributed by atoms with Crippen molar-refractivity contribution in [2.75, 3.05) is 20.1 Å². The maximum absolute atomic E-state index is 13.0. The monoisotopic (exact) mass is 519 g/mol. The third kappa shape index (κ3) is 6.45. The number of hydrogen-bond acceptors (Lipinski definition) is 8. The molecule has 1 aromatic heterocycles. The average molecular weight is 520 g/mol. The van der Waals surface area contributed by atoms with Crippen LogP contribution in [0.4, 0.5) is 0 Å². The maximum Gasteiger partial charge on any atom is 0.251 e. The number of carbonyl (C=O) groups is 3. The largest absolute Gasteiger partial charge is 0.489 e. The van der Waals surface area contributed by atoms with Crippen molar-refractivity contribution in [1.29, 1.82) is 0 Å². The van der Waals surface area contributed by atoms with Crippen molar-refractivity contribution in [2.45, 2.75) is 26.0 Å². The molecule has 1 fully saturated rings. The van der Waals surface area contributed by atoms with E-state index in [0.717, 1.165) is 40.3 Å². The first-order valence-corrected chi connectivity index (χ1v) is 12.8. The first-order valence-electron chi connectivity index (χ1n) is 12.0. The van der Waals surface area contributed by atoms with Crippen molar-refractivity contribution in [1.82, 2.24) is 20.6 Å². The van der Waals surface area contributed by atoms with Gasteiger partial charge in [-0.05, 0) is 61.5 Å². The van der Waals surface area contributed by atoms with Gasteiger partial charge in [-0.1, -0.05) is 18.2 Å². The first-order chi connectivity index (χ1) is 18.0. The topological polar surface area (TPSA) is 113 Å². The van der Waals surface area contributed by atoms with Crippen molar-refractivity contribution in [3.05, 3.63) is 71.4 Å². The molecule has 2 amide bonds. The Balaban J connectivity index is 1.43. The molecule has 2 atom stereocenters. The highest BCUT2D eigenvalue weighted by Gasteiger charge is 2.34. The number of nitrogens with zero attached hydrogens (tertiary/aromatic N) is 3. The van der Waals surface area contributed by atoms with E-state index in [4.69, 9.17) is 4.74 Å². The third-order valence-corrected chi connectivity index (χ3v) is 6.99. The molecule has 4 rings (SSSR count). The number of likely N-dealkylation sites (tertiary alicyclic amines) is 1. The number of rotatable bonds is 9. The van der Waals surface area contributed by atoms with Crippen molar-refractivity contribution < 1.29 is 19.1 Å². The first kappa shape index (κ1) is 26.2. The number of hydrazone groups is 1. The van der Waals surface area contributed by atoms with Crippen LogP contribution in [-0.2, 0) is 16.2 Å². The molecule has 9 nitrogen and oxygen atoms in total. The van der Waals surface area contributed by atoms with Crippen molar-refractivity contribution in [3.63, 3.8) is 0 Å². The van der Waals surface area contributed by atoms with E-state index in [0.29, 0.717) is 48.1 Å². The zero-order valence-corrected chi connectivity index (χ0v) is 21.5. The number of nitrogens with one attached hydrogen (secondary N) is 2. The smallest absolute Gasteiger partial charge is 0.251 e. The van der Waals surface area contributed by atoms with Gasteiger partial charge in [-0.25, -0.2) is 0 Å². The number of para-hydroxylation sites is 1. The lowest BCUT2D eigenvalue weighted by Crippen LogP contribution is -2.53. The second-order valence-corrected chi connectivity index (χ2v) is 9.56. The summed E-state index contributed by atoms with van der Waals surface area (Å²) < 4.78 is 6.01. The SMILES string of the molecule is CN/N=C(\SC=O)C1CN(C=O)CCC1NC(=O)c1ccc(OCc2cc(C)nc3ccccc23)cc1. The molecular formula is C27H29N5O4S. The number of aromatic nitrogens is 1. The van der Waals surface area contributed by atoms with Crippen LogP contribution < -0.4 is 15.5 Å². The van der Waals surface area contributed by atoms with E-state index in [1.165, 1.54) is 0 Å². The molecule has 0 spiro atoms. The number of carbonyl (C=O) groups excluding carboxylic acids is 3. The highest BCUT2D eigenvalue weighted by molar-refractivity contribution is 8.24. The van der Waals surface area contributed by atoms with Crippen LogP contribution >= 0.6 is 11.8 Å². The van der Waals surface area contributed by atoms with E-state index in [9.17, 15) is 14.4 Å². The fourth-order valence-corrected chi connectivity index (χ4v) is 5.14. The quantitative estimate of drug-likeness (QED) is 0.193. The van der Waals surface area contributed by atoms with Crippen LogP contribution in [0.2, 0.25) is 0 Å². The molecule has 2 N–H and O–H groups in total. The van der Waals surface area contributed by atoms with Crippen LogP contribution in [0.3, 0.4) is 0 Å². The summed E-state index contributed by atoms with van der Waals surface area (Å²) in [5.41, 5.74) is 6.79. The van der Waals surface area contributed by atoms with E-state index >= 15 is 0 Å². The minimum atomic E-state index is -0.299. The lowest BCUT2D eigenvalue weighted by Gasteiger charge is -2.37. The van der Waals surface area contributed by atoms with Gasteiger partial charge >= 0.3 is 0 Å². The predicted octanol–water partition coefficient (Wildman–Crippen LogP) is 3.16. The Morgan fingerprint density at radius 2 is 2.00 bits per heavy atom. The second kappa shape index (κ2) is 12.4. The zero-order chi connectivity index (χ0) is 26.2. The van der Waals surface area contributed by atoms with Gasteiger partial charge in [-0.3, -0.25) is 19.4 Å². The van der Waals surface area contributed by atoms with Crippen molar-refractivity contribution in [2.24, 2.45) is 11.0 Å². The number of fused-ring (bicyclic) bond motifs is 1. The Morgan fingerprint density at radius 3 is 2.73 bits per heavy atom. The summed E-state index contributed by atoms with van der Waals surface area (Å²) in [4.78, 5) is 41.7. The molecule has 1 aliphatic rings. The van der Waals surface area contributed by atoms with E-state index < -0.39 is 0 Å². The minimum Gasteiger partial charge on any atom is -0.489 e. The molecule has 1 saturated heterocycles. The van der Waals surface area contributed by atoms with Crippen LogP contribution in [0.5, 0.6) is 5.75 Å². The van der Waals surface area contributed by atoms with Gasteiger partial charge < -0.3 is 20.4 Å². The van der Waals surface area contributed by atoms with Gasteiger partial charge in [0.2, 0.25) is 6.41 Å². The summed E-state index contributed by atoms with van der Waals surface area (Å²) in [6.07, 6.45) is 1.33. The Kier molecular flexibility index (Phi) is 8.73. The molecule has 192 valence electrons. The van der Waals surface area contributed by atoms with Gasteiger partial charge in [0.1, 0.15) is 17.4 Å². The van der Waals surface area contributed by atoms with Crippen molar-refractivity contribution >= 4 is 45.6 Å². The van der Waals surface area contributed by atoms with E-state index in [2.05, 4.69) is 20.8 Å². The highest BCUT2D eigenvalue weighted by atomic mass is 32.2. The molecule has 3 aromatic rings. The second-order valence-electron chi connectivity index (χ2n) is 8.72. The van der Waals surface area contributed by atoms with E-state index in [-0.39, 0.29) is 17.9 Å². The number of pyridine rings is 1. The van der Waals surface area contributed by atoms with Crippen LogP contribution in [0.25, 0.3) is 10.9 Å². The third-order valence-electron chi connectivity index (χ3n) is 6.26. The van der Waals surface area contributed by atoms with Crippen LogP contribution in [0, 0.1) is 12.8 Å². The number of piperidine rings is 1. The molecule has 0 bridgehead atoms. The number of thioether (sulfide) groups is 1. The highest BCUT2D eigenvalue weighted by Crippen LogP contribution is 2.24. The number of benzene rings is 2. The summed E-state index contributed by atoms with van der Waals surface area (Å²) >= 11 is 0.946. The lowest BCUT2D eigenvalue weighted by atomic mass is 9.92. The van der Waals surface area contributed by atoms with Gasteiger partial charge in [0.15, 0.2) is 5.62 Å². The fourth-order valence-electron chi connectivity index (χ4n) is 4.48. The molecule has 0 saturated carbocycles. The molecule has 10 heteroatoms. The normalized spacial score (nSPS) is 17.8. The molecule has 1 aliphatic heterocycles. The molecule has 2 aromatic carbocycles. The molecule has 0 aliphatic carbocycles. The standard InChI is InChI=1S/C27H29N5O4S/c1-18-13-20(22-5-3-4-6-24(22)29-18)15-36-21-9-7-19(8-10-21)26(35)30-25-11-12-32(16-33)14-23(25)27(31-28-2)37-17-34/h3-10,13,16-17,23,25,28H,11-12,14-15H2,1-2H3,(H,30,35)/b31-27-. The lowest BCUT2D eigenvalue weighted by molar-refractivity contribution is -0.119. The Morgan fingerprint density at radius 1 is 1.22 bits per heavy atom. The molecule has 2 unspecified atom stereocenters. The molecular weight excluding hydrogens is 490 g/mol. The number of amides is 2. The van der Waals surface area contributed by atoms with Crippen LogP contribution in [0.1, 0.15) is 28.0 Å². The predicted molar refractivity (Wildman–Crippen MR) is 145 cm³/mol. The van der Waals surface area contributed by atoms with Crippen LogP contribution in [-0.4, -0.2) is 59.0 Å². The summed E-state index contributed by atoms with van der Waals surface area (Å²) in [6.45, 7) is 3.22. The summed E-state index contributed by atoms with van der Waals surface area (Å²) in [5.74, 6) is 0.113. The van der Waals surface area contributed by atoms with Crippen molar-refractivity contribution in [3.8, 4) is 5.75 Å². The zero-order valence-electron chi connectivity index (χ0n) is 20.7. The Bertz CT molecular complexity index is 1300. The van der Waals surface area contributed by atoms with Gasteiger partial charge in [0, 0.05) is 54.3 Å². The Hall–Kier alpha value is -3.92. The van der Waals surface area contributed by atoms with Crippen LogP contribution in [0.15, 0.2) is 59.7 Å². The maximum atomic E-state index is 13.0. The molecule has 0 radical (unpaired) electrons. The molecule has 2 heterocycles. The Labute approximate surface area is 219 Å². The van der Waals surface area contributed by atoms with Gasteiger partial charge in [-0.2, -0.15) is 5.10 Å². The summed E-state index contributed by atoms with van der Waals surface area (Å²) in [7, 11) is 1.64. The average Bonchev–Trinajstić information content (AvgIpc) is 2.92. The molecule has 37 heavy (non-hydrogen) atoms. The van der Waals surface area contributed by atoms with Gasteiger partial charge in [0.05, 0.1) is 5.52 Å². The summed E-state index contributed by atoms with van der Waals surface area (Å²) in [6, 6.07) is 16.7. The number of hydrogen-bond donors (Lipinski definition) is 2. The van der Waals surface area contributed by atoms with E-state index in [1.807, 2.05) is 37.3 Å². The number of ether oxygens (including phenoxy) is 1. The number of aryl methyl sites for hydroxylation is 1. The summed E-state index contributed by atoms with van der Waals surface area (Å²) in [5, 5.41) is 8.84. The minimum absolute atomic E-state index is 0.239. The van der Waals surface area contributed by atoms with Gasteiger partial charge in [-0.15, -0.1) is 0 Å². The van der Waals surface area contributed by atoms with Gasteiger partial charge in [0.25, 0.3) is 5.91 Å². The fraction of sp³-hybridized carbons (Fsp3) is 0.296.